The van der Waals surface area contributed by atoms with Gasteiger partial charge in [-0.1, -0.05) is 31.0 Å². The van der Waals surface area contributed by atoms with Crippen molar-refractivity contribution in [3.8, 4) is 11.5 Å². The van der Waals surface area contributed by atoms with E-state index in [4.69, 9.17) is 9.47 Å². The van der Waals surface area contributed by atoms with Crippen molar-refractivity contribution in [2.24, 2.45) is 0 Å². The first-order chi connectivity index (χ1) is 17.9. The number of nitrogens with zero attached hydrogens (tertiary/aromatic N) is 3. The second-order valence-electron chi connectivity index (χ2n) is 10.2. The van der Waals surface area contributed by atoms with Crippen LogP contribution in [0, 0.1) is 0 Å². The minimum atomic E-state index is -1.02. The number of amides is 3. The van der Waals surface area contributed by atoms with Gasteiger partial charge in [-0.15, -0.1) is 0 Å². The monoisotopic (exact) mass is 502 g/mol. The van der Waals surface area contributed by atoms with Gasteiger partial charge in [-0.2, -0.15) is 0 Å². The lowest BCUT2D eigenvalue weighted by Crippen LogP contribution is -2.43. The summed E-state index contributed by atoms with van der Waals surface area (Å²) in [6, 6.07) is 15.1. The lowest BCUT2D eigenvalue weighted by Gasteiger charge is -2.28. The highest BCUT2D eigenvalue weighted by Crippen LogP contribution is 2.38. The maximum Gasteiger partial charge on any atom is 0.332 e. The van der Waals surface area contributed by atoms with Crippen molar-refractivity contribution in [3.05, 3.63) is 60.3 Å². The van der Waals surface area contributed by atoms with E-state index >= 15 is 0 Å². The molecule has 0 bridgehead atoms. The number of benzene rings is 2. The number of pyridine rings is 1. The van der Waals surface area contributed by atoms with Crippen molar-refractivity contribution in [3.63, 3.8) is 0 Å². The summed E-state index contributed by atoms with van der Waals surface area (Å²) in [7, 11) is 1.58. The van der Waals surface area contributed by atoms with E-state index in [-0.39, 0.29) is 11.9 Å². The smallest absolute Gasteiger partial charge is 0.332 e. The Morgan fingerprint density at radius 3 is 2.62 bits per heavy atom. The predicted octanol–water partition coefficient (Wildman–Crippen LogP) is 4.90. The molecule has 3 aromatic rings. The number of methoxy groups -OCH3 is 1. The molecular formula is C29H34N4O4. The molecule has 0 unspecified atom stereocenters. The standard InChI is InChI=1S/C29H34N4O4/c1-29(2)27(34)33(28(35)32(29)19-20-14-15-31-24-11-7-6-10-23(20)24)22-12-13-25(36-3)26(18-22)37-17-16-30-21-8-4-5-9-21/h6-7,10-15,18,21,30H,4-5,8-9,16-17,19H2,1-3H3. The van der Waals surface area contributed by atoms with Crippen molar-refractivity contribution < 1.29 is 19.1 Å². The first-order valence-electron chi connectivity index (χ1n) is 12.9. The van der Waals surface area contributed by atoms with Crippen molar-refractivity contribution in [2.45, 2.75) is 57.7 Å². The van der Waals surface area contributed by atoms with Crippen LogP contribution in [-0.4, -0.2) is 53.7 Å². The first-order valence-corrected chi connectivity index (χ1v) is 12.9. The van der Waals surface area contributed by atoms with E-state index in [1.165, 1.54) is 30.6 Å². The molecule has 2 aliphatic rings. The van der Waals surface area contributed by atoms with Gasteiger partial charge in [0.15, 0.2) is 11.5 Å². The fourth-order valence-corrected chi connectivity index (χ4v) is 5.26. The van der Waals surface area contributed by atoms with Crippen molar-refractivity contribution in [1.29, 1.82) is 0 Å². The van der Waals surface area contributed by atoms with Gasteiger partial charge in [0.1, 0.15) is 12.1 Å². The minimum Gasteiger partial charge on any atom is -0.493 e. The van der Waals surface area contributed by atoms with Gasteiger partial charge in [0, 0.05) is 36.8 Å². The molecule has 2 aromatic carbocycles. The van der Waals surface area contributed by atoms with Crippen LogP contribution in [0.4, 0.5) is 10.5 Å². The van der Waals surface area contributed by atoms with Crippen LogP contribution >= 0.6 is 0 Å². The van der Waals surface area contributed by atoms with Crippen molar-refractivity contribution in [1.82, 2.24) is 15.2 Å². The molecule has 8 nitrogen and oxygen atoms in total. The van der Waals surface area contributed by atoms with E-state index in [0.29, 0.717) is 36.4 Å². The van der Waals surface area contributed by atoms with Crippen LogP contribution in [-0.2, 0) is 11.3 Å². The van der Waals surface area contributed by atoms with Gasteiger partial charge in [-0.25, -0.2) is 9.69 Å². The Hall–Kier alpha value is -3.65. The van der Waals surface area contributed by atoms with Crippen LogP contribution < -0.4 is 19.7 Å². The molecule has 0 radical (unpaired) electrons. The quantitative estimate of drug-likeness (QED) is 0.331. The zero-order chi connectivity index (χ0) is 26.0. The fraction of sp³-hybridized carbons (Fsp3) is 0.414. The maximum absolute atomic E-state index is 13.7. The fourth-order valence-electron chi connectivity index (χ4n) is 5.26. The van der Waals surface area contributed by atoms with Gasteiger partial charge in [0.25, 0.3) is 5.91 Å². The van der Waals surface area contributed by atoms with Crippen LogP contribution in [0.5, 0.6) is 11.5 Å². The van der Waals surface area contributed by atoms with E-state index in [9.17, 15) is 9.59 Å². The second kappa shape index (κ2) is 10.4. The Kier molecular flexibility index (Phi) is 7.02. The van der Waals surface area contributed by atoms with Gasteiger partial charge in [-0.3, -0.25) is 9.78 Å². The van der Waals surface area contributed by atoms with E-state index in [0.717, 1.165) is 23.0 Å². The van der Waals surface area contributed by atoms with Crippen LogP contribution in [0.25, 0.3) is 10.9 Å². The molecule has 1 aliphatic carbocycles. The van der Waals surface area contributed by atoms with E-state index in [2.05, 4.69) is 10.3 Å². The average molecular weight is 503 g/mol. The zero-order valence-corrected chi connectivity index (χ0v) is 21.7. The van der Waals surface area contributed by atoms with E-state index in [1.54, 1.807) is 50.3 Å². The molecule has 5 rings (SSSR count). The molecule has 194 valence electrons. The number of imide groups is 1. The van der Waals surface area contributed by atoms with Crippen LogP contribution in [0.3, 0.4) is 0 Å². The molecule has 8 heteroatoms. The Balaban J connectivity index is 1.36. The zero-order valence-electron chi connectivity index (χ0n) is 21.7. The molecule has 1 saturated heterocycles. The highest BCUT2D eigenvalue weighted by Gasteiger charge is 2.52. The van der Waals surface area contributed by atoms with Gasteiger partial charge in [0.2, 0.25) is 0 Å². The van der Waals surface area contributed by atoms with Crippen LogP contribution in [0.2, 0.25) is 0 Å². The molecule has 3 amide bonds. The summed E-state index contributed by atoms with van der Waals surface area (Å²) < 4.78 is 11.5. The van der Waals surface area contributed by atoms with Crippen LogP contribution in [0.1, 0.15) is 45.1 Å². The van der Waals surface area contributed by atoms with Crippen molar-refractivity contribution >= 4 is 28.5 Å². The Morgan fingerprint density at radius 1 is 1.05 bits per heavy atom. The summed E-state index contributed by atoms with van der Waals surface area (Å²) in [6.45, 7) is 5.05. The molecular weight excluding hydrogens is 468 g/mol. The summed E-state index contributed by atoms with van der Waals surface area (Å²) in [4.78, 5) is 34.5. The van der Waals surface area contributed by atoms with E-state index < -0.39 is 5.54 Å². The number of nitrogens with one attached hydrogen (secondary N) is 1. The molecule has 1 N–H and O–H groups in total. The average Bonchev–Trinajstić information content (AvgIpc) is 3.48. The number of rotatable bonds is 9. The second-order valence-corrected chi connectivity index (χ2v) is 10.2. The van der Waals surface area contributed by atoms with Crippen molar-refractivity contribution in [2.75, 3.05) is 25.2 Å². The maximum atomic E-state index is 13.7. The highest BCUT2D eigenvalue weighted by molar-refractivity contribution is 6.23. The Morgan fingerprint density at radius 2 is 1.84 bits per heavy atom. The Bertz CT molecular complexity index is 1300. The summed E-state index contributed by atoms with van der Waals surface area (Å²) >= 11 is 0. The lowest BCUT2D eigenvalue weighted by atomic mass is 10.0. The number of urea groups is 1. The molecule has 1 saturated carbocycles. The van der Waals surface area contributed by atoms with Gasteiger partial charge < -0.3 is 19.7 Å². The molecule has 0 atom stereocenters. The van der Waals surface area contributed by atoms with Gasteiger partial charge in [0.05, 0.1) is 18.3 Å². The predicted molar refractivity (Wildman–Crippen MR) is 143 cm³/mol. The molecule has 2 heterocycles. The molecule has 1 aromatic heterocycles. The summed E-state index contributed by atoms with van der Waals surface area (Å²) in [5.74, 6) is 0.781. The summed E-state index contributed by atoms with van der Waals surface area (Å²) in [6.07, 6.45) is 6.70. The SMILES string of the molecule is COc1ccc(N2C(=O)N(Cc3ccnc4ccccc34)C(C)(C)C2=O)cc1OCCNC1CCCC1. The minimum absolute atomic E-state index is 0.283. The molecule has 1 aliphatic heterocycles. The van der Waals surface area contributed by atoms with Crippen LogP contribution in [0.15, 0.2) is 54.7 Å². The number of hydrogen-bond acceptors (Lipinski definition) is 6. The summed E-state index contributed by atoms with van der Waals surface area (Å²) in [5.41, 5.74) is 1.24. The normalized spacial score (nSPS) is 17.7. The Labute approximate surface area is 217 Å². The highest BCUT2D eigenvalue weighted by atomic mass is 16.5. The lowest BCUT2D eigenvalue weighted by molar-refractivity contribution is -0.123. The van der Waals surface area contributed by atoms with Gasteiger partial charge in [-0.05, 0) is 56.5 Å². The number of carbonyl (C=O) groups is 2. The molecule has 37 heavy (non-hydrogen) atoms. The molecule has 0 spiro atoms. The third kappa shape index (κ3) is 4.85. The number of aromatic nitrogens is 1. The third-order valence-corrected chi connectivity index (χ3v) is 7.44. The number of anilines is 1. The number of fused-ring (bicyclic) bond motifs is 1. The van der Waals surface area contributed by atoms with E-state index in [1.807, 2.05) is 30.3 Å². The van der Waals surface area contributed by atoms with Gasteiger partial charge >= 0.3 is 6.03 Å². The third-order valence-electron chi connectivity index (χ3n) is 7.44. The number of para-hydroxylation sites is 1. The topological polar surface area (TPSA) is 84.0 Å². The number of ether oxygens (including phenoxy) is 2. The summed E-state index contributed by atoms with van der Waals surface area (Å²) in [5, 5.41) is 4.49. The number of carbonyl (C=O) groups excluding carboxylic acids is 2. The first kappa shape index (κ1) is 25.0. The number of hydrogen-bond donors (Lipinski definition) is 1. The largest absolute Gasteiger partial charge is 0.493 e. The molecule has 2 fully saturated rings.